The first kappa shape index (κ1) is 27.7. The first-order valence-corrected chi connectivity index (χ1v) is 14.0. The van der Waals surface area contributed by atoms with Crippen LogP contribution in [-0.2, 0) is 20.8 Å². The Morgan fingerprint density at radius 3 is 2.58 bits per heavy atom. The summed E-state index contributed by atoms with van der Waals surface area (Å²) in [7, 11) is -4.57. The summed E-state index contributed by atoms with van der Waals surface area (Å²) in [6.07, 6.45) is 0.224. The summed E-state index contributed by atoms with van der Waals surface area (Å²) in [4.78, 5) is 64.6. The quantitative estimate of drug-likeness (QED) is 0.195. The van der Waals surface area contributed by atoms with Crippen LogP contribution in [0.2, 0.25) is 0 Å². The van der Waals surface area contributed by atoms with Crippen LogP contribution < -0.4 is 15.3 Å². The third-order valence-electron chi connectivity index (χ3n) is 6.94. The number of nitrogens with zero attached hydrogens (tertiary/aromatic N) is 2. The first-order chi connectivity index (χ1) is 17.9. The molecule has 2 fully saturated rings. The molecule has 3 heterocycles. The molecule has 0 aromatic heterocycles. The van der Waals surface area contributed by atoms with Gasteiger partial charge in [-0.1, -0.05) is 12.1 Å². The SMILES string of the molecule is CCN1CCN(C(=O)NC(C(=O)N[C@H]2Cc3cccc(C(=O)O)c3OB2O)C2CCS(O)(O)C2)C(=O)C1=O. The number of carbonyl (C=O) groups is 5. The number of carboxylic acids is 1. The zero-order valence-electron chi connectivity index (χ0n) is 20.5. The minimum absolute atomic E-state index is 0.0120. The lowest BCUT2D eigenvalue weighted by Gasteiger charge is -2.35. The summed E-state index contributed by atoms with van der Waals surface area (Å²) >= 11 is 0. The smallest absolute Gasteiger partial charge is 0.534 e. The fourth-order valence-corrected chi connectivity index (χ4v) is 6.77. The molecule has 0 radical (unpaired) electrons. The Hall–Kier alpha value is -3.34. The molecule has 2 saturated heterocycles. The second kappa shape index (κ2) is 10.8. The maximum atomic E-state index is 13.4. The van der Waals surface area contributed by atoms with Gasteiger partial charge in [-0.25, -0.2) is 9.59 Å². The summed E-state index contributed by atoms with van der Waals surface area (Å²) in [5.41, 5.74) is 0.295. The van der Waals surface area contributed by atoms with Crippen molar-refractivity contribution in [2.75, 3.05) is 31.1 Å². The van der Waals surface area contributed by atoms with Crippen LogP contribution in [0.1, 0.15) is 29.3 Å². The van der Waals surface area contributed by atoms with Crippen LogP contribution in [0.3, 0.4) is 0 Å². The van der Waals surface area contributed by atoms with E-state index in [9.17, 15) is 43.2 Å². The predicted molar refractivity (Wildman–Crippen MR) is 135 cm³/mol. The molecule has 38 heavy (non-hydrogen) atoms. The molecule has 1 aromatic rings. The fourth-order valence-electron chi connectivity index (χ4n) is 4.88. The summed E-state index contributed by atoms with van der Waals surface area (Å²) in [6, 6.07) is 2.13. The van der Waals surface area contributed by atoms with Crippen LogP contribution in [0.5, 0.6) is 5.75 Å². The first-order valence-electron chi connectivity index (χ1n) is 12.1. The number of likely N-dealkylation sites (N-methyl/N-ethyl adjacent to an activating group) is 1. The standard InChI is InChI=1S/C22H29BN4O10S/c1-2-26-7-8-27(20(30)19(26)29)22(33)25-16(13-6-9-38(35,36)11-13)18(28)24-15-10-12-4-3-5-14(21(31)32)17(12)37-23(15)34/h3-5,13,15-16,34-36H,2,6-11H2,1H3,(H,24,28)(H,25,33)(H,31,32)/t13?,15-,16?/m0/s1. The molecule has 4 rings (SSSR count). The summed E-state index contributed by atoms with van der Waals surface area (Å²) < 4.78 is 25.7. The van der Waals surface area contributed by atoms with Crippen LogP contribution in [0.4, 0.5) is 4.79 Å². The number of hydrogen-bond acceptors (Lipinski definition) is 9. The number of hydrogen-bond donors (Lipinski definition) is 6. The number of piperazine rings is 1. The lowest BCUT2D eigenvalue weighted by molar-refractivity contribution is -0.153. The van der Waals surface area contributed by atoms with Crippen molar-refractivity contribution >= 4 is 47.4 Å². The van der Waals surface area contributed by atoms with E-state index >= 15 is 0 Å². The predicted octanol–water partition coefficient (Wildman–Crippen LogP) is -0.636. The average molecular weight is 552 g/mol. The van der Waals surface area contributed by atoms with Gasteiger partial charge in [0.05, 0.1) is 11.5 Å². The number of benzene rings is 1. The molecule has 0 spiro atoms. The van der Waals surface area contributed by atoms with Gasteiger partial charge in [-0.15, -0.1) is 0 Å². The van der Waals surface area contributed by atoms with E-state index in [-0.39, 0.29) is 48.7 Å². The van der Waals surface area contributed by atoms with Crippen LogP contribution >= 0.6 is 10.6 Å². The van der Waals surface area contributed by atoms with Gasteiger partial charge in [-0.2, -0.15) is 10.6 Å². The highest BCUT2D eigenvalue weighted by Gasteiger charge is 2.44. The van der Waals surface area contributed by atoms with Gasteiger partial charge in [-0.3, -0.25) is 28.4 Å². The fraction of sp³-hybridized carbons (Fsp3) is 0.500. The molecule has 2 unspecified atom stereocenters. The van der Waals surface area contributed by atoms with Gasteiger partial charge in [0.25, 0.3) is 0 Å². The summed E-state index contributed by atoms with van der Waals surface area (Å²) in [6.45, 7) is 2.06. The molecular formula is C22H29BN4O10S. The van der Waals surface area contributed by atoms with Crippen molar-refractivity contribution in [1.82, 2.24) is 20.4 Å². The molecule has 5 amide bonds. The molecule has 0 bridgehead atoms. The Balaban J connectivity index is 1.51. The van der Waals surface area contributed by atoms with Gasteiger partial charge in [0, 0.05) is 37.1 Å². The second-order valence-electron chi connectivity index (χ2n) is 9.42. The average Bonchev–Trinajstić information content (AvgIpc) is 3.23. The van der Waals surface area contributed by atoms with Crippen molar-refractivity contribution in [2.24, 2.45) is 5.92 Å². The number of carbonyl (C=O) groups excluding carboxylic acids is 4. The Kier molecular flexibility index (Phi) is 7.87. The lowest BCUT2D eigenvalue weighted by atomic mass is 9.72. The molecule has 6 N–H and O–H groups in total. The number of para-hydroxylation sites is 1. The minimum atomic E-state index is -2.96. The number of nitrogens with one attached hydrogen (secondary N) is 2. The molecule has 0 saturated carbocycles. The molecule has 206 valence electrons. The van der Waals surface area contributed by atoms with Gasteiger partial charge < -0.3 is 30.3 Å². The van der Waals surface area contributed by atoms with Crippen LogP contribution in [0, 0.1) is 5.92 Å². The summed E-state index contributed by atoms with van der Waals surface area (Å²) in [5.74, 6) is -5.73. The second-order valence-corrected chi connectivity index (χ2v) is 11.8. The highest BCUT2D eigenvalue weighted by atomic mass is 32.3. The molecule has 3 aliphatic rings. The molecule has 16 heteroatoms. The third-order valence-corrected chi connectivity index (χ3v) is 8.79. The van der Waals surface area contributed by atoms with Crippen molar-refractivity contribution < 1.29 is 47.9 Å². The number of rotatable bonds is 6. The number of amides is 5. The number of imide groups is 1. The van der Waals surface area contributed by atoms with Crippen LogP contribution in [-0.4, -0.2) is 109 Å². The molecule has 0 aliphatic carbocycles. The van der Waals surface area contributed by atoms with Gasteiger partial charge in [0.15, 0.2) is 0 Å². The van der Waals surface area contributed by atoms with Crippen molar-refractivity contribution in [1.29, 1.82) is 0 Å². The zero-order chi connectivity index (χ0) is 27.8. The molecule has 14 nitrogen and oxygen atoms in total. The van der Waals surface area contributed by atoms with Gasteiger partial charge in [-0.05, 0) is 31.4 Å². The van der Waals surface area contributed by atoms with E-state index in [1.807, 2.05) is 0 Å². The van der Waals surface area contributed by atoms with Crippen molar-refractivity contribution in [2.45, 2.75) is 31.7 Å². The number of fused-ring (bicyclic) bond motifs is 1. The van der Waals surface area contributed by atoms with E-state index in [1.54, 1.807) is 13.0 Å². The molecular weight excluding hydrogens is 523 g/mol. The van der Waals surface area contributed by atoms with Crippen LogP contribution in [0.25, 0.3) is 0 Å². The third kappa shape index (κ3) is 5.57. The monoisotopic (exact) mass is 552 g/mol. The topological polar surface area (TPSA) is 206 Å². The normalized spacial score (nSPS) is 24.3. The van der Waals surface area contributed by atoms with Crippen molar-refractivity contribution in [3.05, 3.63) is 29.3 Å². The Bertz CT molecular complexity index is 1170. The van der Waals surface area contributed by atoms with E-state index in [2.05, 4.69) is 10.6 Å². The van der Waals surface area contributed by atoms with Gasteiger partial charge in [0.2, 0.25) is 5.91 Å². The van der Waals surface area contributed by atoms with Crippen LogP contribution in [0.15, 0.2) is 18.2 Å². The summed E-state index contributed by atoms with van der Waals surface area (Å²) in [5, 5.41) is 24.9. The largest absolute Gasteiger partial charge is 0.547 e. The van der Waals surface area contributed by atoms with Crippen molar-refractivity contribution in [3.63, 3.8) is 0 Å². The van der Waals surface area contributed by atoms with E-state index in [4.69, 9.17) is 4.65 Å². The van der Waals surface area contributed by atoms with Crippen molar-refractivity contribution in [3.8, 4) is 5.75 Å². The maximum Gasteiger partial charge on any atom is 0.547 e. The molecule has 1 aromatic carbocycles. The zero-order valence-corrected chi connectivity index (χ0v) is 21.3. The number of urea groups is 1. The van der Waals surface area contributed by atoms with E-state index in [1.165, 1.54) is 17.0 Å². The number of aromatic carboxylic acids is 1. The minimum Gasteiger partial charge on any atom is -0.534 e. The van der Waals surface area contributed by atoms with E-state index < -0.39 is 65.3 Å². The Morgan fingerprint density at radius 2 is 1.95 bits per heavy atom. The molecule has 3 aliphatic heterocycles. The maximum absolute atomic E-state index is 13.4. The van der Waals surface area contributed by atoms with Gasteiger partial charge >= 0.3 is 30.9 Å². The Morgan fingerprint density at radius 1 is 1.21 bits per heavy atom. The van der Waals surface area contributed by atoms with E-state index in [0.29, 0.717) is 17.0 Å². The lowest BCUT2D eigenvalue weighted by Crippen LogP contribution is -2.63. The van der Waals surface area contributed by atoms with E-state index in [0.717, 1.165) is 0 Å². The highest BCUT2D eigenvalue weighted by molar-refractivity contribution is 8.24. The Labute approximate surface area is 219 Å². The number of carboxylic acid groups (broad SMARTS) is 1. The highest BCUT2D eigenvalue weighted by Crippen LogP contribution is 2.49. The molecule has 3 atom stereocenters. The van der Waals surface area contributed by atoms with Gasteiger partial charge in [0.1, 0.15) is 11.8 Å².